The molecule has 0 amide bonds. The number of ether oxygens (including phenoxy) is 1. The average molecular weight is 173 g/mol. The molecular formula is C9H19NO2. The van der Waals surface area contributed by atoms with E-state index in [4.69, 9.17) is 10.5 Å². The van der Waals surface area contributed by atoms with E-state index in [9.17, 15) is 5.11 Å². The predicted octanol–water partition coefficient (Wildman–Crippen LogP) is 0.508. The van der Waals surface area contributed by atoms with E-state index in [0.29, 0.717) is 12.3 Å². The van der Waals surface area contributed by atoms with Crippen LogP contribution in [0.3, 0.4) is 0 Å². The van der Waals surface area contributed by atoms with E-state index >= 15 is 0 Å². The molecule has 72 valence electrons. The first-order chi connectivity index (χ1) is 5.52. The maximum atomic E-state index is 9.56. The van der Waals surface area contributed by atoms with Crippen LogP contribution in [0.25, 0.3) is 0 Å². The summed E-state index contributed by atoms with van der Waals surface area (Å²) in [6.07, 6.45) is 0.403. The van der Waals surface area contributed by atoms with Crippen LogP contribution >= 0.6 is 0 Å². The lowest BCUT2D eigenvalue weighted by Crippen LogP contribution is -2.52. The zero-order valence-electron chi connectivity index (χ0n) is 8.03. The fourth-order valence-corrected chi connectivity index (χ4v) is 1.56. The minimum atomic E-state index is -0.402. The molecular weight excluding hydrogens is 154 g/mol. The second-order valence-electron chi connectivity index (χ2n) is 4.00. The Morgan fingerprint density at radius 1 is 1.50 bits per heavy atom. The predicted molar refractivity (Wildman–Crippen MR) is 47.8 cm³/mol. The molecule has 0 aromatic rings. The zero-order chi connectivity index (χ0) is 9.30. The Hall–Kier alpha value is -0.120. The van der Waals surface area contributed by atoms with Crippen molar-refractivity contribution in [3.63, 3.8) is 0 Å². The third-order valence-corrected chi connectivity index (χ3v) is 2.59. The molecule has 0 spiro atoms. The molecule has 0 aliphatic carbocycles. The van der Waals surface area contributed by atoms with Gasteiger partial charge in [-0.25, -0.2) is 0 Å². The Bertz CT molecular complexity index is 137. The van der Waals surface area contributed by atoms with Crippen molar-refractivity contribution in [2.75, 3.05) is 0 Å². The van der Waals surface area contributed by atoms with Gasteiger partial charge in [0, 0.05) is 6.42 Å². The van der Waals surface area contributed by atoms with Crippen molar-refractivity contribution < 1.29 is 9.84 Å². The fraction of sp³-hybridized carbons (Fsp3) is 1.00. The van der Waals surface area contributed by atoms with Crippen LogP contribution in [0.2, 0.25) is 0 Å². The Morgan fingerprint density at radius 2 is 2.08 bits per heavy atom. The molecule has 4 atom stereocenters. The van der Waals surface area contributed by atoms with Gasteiger partial charge in [-0.3, -0.25) is 0 Å². The maximum absolute atomic E-state index is 9.56. The lowest BCUT2D eigenvalue weighted by Gasteiger charge is -2.38. The molecule has 0 saturated carbocycles. The van der Waals surface area contributed by atoms with Crippen molar-refractivity contribution in [2.45, 2.75) is 51.5 Å². The smallest absolute Gasteiger partial charge is 0.0741 e. The number of hydrogen-bond acceptors (Lipinski definition) is 3. The maximum Gasteiger partial charge on any atom is 0.0741 e. The molecule has 1 aliphatic heterocycles. The molecule has 0 aromatic heterocycles. The van der Waals surface area contributed by atoms with E-state index in [1.807, 2.05) is 6.92 Å². The van der Waals surface area contributed by atoms with Gasteiger partial charge in [0.05, 0.1) is 24.4 Å². The summed E-state index contributed by atoms with van der Waals surface area (Å²) < 4.78 is 5.65. The number of rotatable bonds is 1. The topological polar surface area (TPSA) is 55.5 Å². The summed E-state index contributed by atoms with van der Waals surface area (Å²) >= 11 is 0. The van der Waals surface area contributed by atoms with Gasteiger partial charge in [-0.1, -0.05) is 13.8 Å². The van der Waals surface area contributed by atoms with Crippen LogP contribution in [0.5, 0.6) is 0 Å². The van der Waals surface area contributed by atoms with Gasteiger partial charge >= 0.3 is 0 Å². The van der Waals surface area contributed by atoms with Gasteiger partial charge in [0.2, 0.25) is 0 Å². The Kier molecular flexibility index (Phi) is 3.09. The van der Waals surface area contributed by atoms with E-state index in [1.165, 1.54) is 0 Å². The summed E-state index contributed by atoms with van der Waals surface area (Å²) in [4.78, 5) is 0. The molecule has 0 bridgehead atoms. The molecule has 1 rings (SSSR count). The molecule has 1 unspecified atom stereocenters. The Balaban J connectivity index is 2.53. The molecule has 3 heteroatoms. The number of nitrogens with two attached hydrogens (primary N) is 1. The van der Waals surface area contributed by atoms with Crippen molar-refractivity contribution >= 4 is 0 Å². The summed E-state index contributed by atoms with van der Waals surface area (Å²) in [5, 5.41) is 9.56. The highest BCUT2D eigenvalue weighted by atomic mass is 16.5. The van der Waals surface area contributed by atoms with Gasteiger partial charge in [0.15, 0.2) is 0 Å². The third-order valence-electron chi connectivity index (χ3n) is 2.59. The van der Waals surface area contributed by atoms with Gasteiger partial charge in [0.1, 0.15) is 0 Å². The highest BCUT2D eigenvalue weighted by Crippen LogP contribution is 2.23. The molecule has 1 fully saturated rings. The third kappa shape index (κ3) is 1.97. The van der Waals surface area contributed by atoms with Crippen LogP contribution in [0, 0.1) is 5.92 Å². The van der Waals surface area contributed by atoms with E-state index in [0.717, 1.165) is 0 Å². The normalized spacial score (nSPS) is 43.5. The molecule has 1 heterocycles. The van der Waals surface area contributed by atoms with Crippen LogP contribution in [0.15, 0.2) is 0 Å². The monoisotopic (exact) mass is 173 g/mol. The summed E-state index contributed by atoms with van der Waals surface area (Å²) in [6, 6.07) is -0.222. The second-order valence-corrected chi connectivity index (χ2v) is 4.00. The SMILES string of the molecule is CC(C)[C@H]1C[C@H](O)[C@@H](N)C(C)O1. The van der Waals surface area contributed by atoms with E-state index in [-0.39, 0.29) is 18.2 Å². The molecule has 12 heavy (non-hydrogen) atoms. The number of aliphatic hydroxyl groups is 1. The van der Waals surface area contributed by atoms with Gasteiger partial charge in [0.25, 0.3) is 0 Å². The number of hydrogen-bond donors (Lipinski definition) is 2. The van der Waals surface area contributed by atoms with E-state index in [1.54, 1.807) is 0 Å². The van der Waals surface area contributed by atoms with Crippen molar-refractivity contribution in [3.05, 3.63) is 0 Å². The lowest BCUT2D eigenvalue weighted by molar-refractivity contribution is -0.116. The molecule has 3 nitrogen and oxygen atoms in total. The van der Waals surface area contributed by atoms with Crippen LogP contribution in [0.4, 0.5) is 0 Å². The molecule has 1 aliphatic rings. The zero-order valence-corrected chi connectivity index (χ0v) is 8.03. The second kappa shape index (κ2) is 3.73. The van der Waals surface area contributed by atoms with Crippen molar-refractivity contribution in [3.8, 4) is 0 Å². The highest BCUT2D eigenvalue weighted by Gasteiger charge is 2.33. The van der Waals surface area contributed by atoms with Crippen molar-refractivity contribution in [1.29, 1.82) is 0 Å². The molecule has 0 aromatic carbocycles. The highest BCUT2D eigenvalue weighted by molar-refractivity contribution is 4.86. The largest absolute Gasteiger partial charge is 0.391 e. The summed E-state index contributed by atoms with van der Waals surface area (Å²) in [5.74, 6) is 0.453. The molecule has 3 N–H and O–H groups in total. The lowest BCUT2D eigenvalue weighted by atomic mass is 9.92. The standard InChI is InChI=1S/C9H19NO2/c1-5(2)8-4-7(11)9(10)6(3)12-8/h5-9,11H,4,10H2,1-3H3/t6?,7-,8+,9-/m0/s1. The minimum absolute atomic E-state index is 0.0267. The molecule has 1 saturated heterocycles. The van der Waals surface area contributed by atoms with Crippen LogP contribution < -0.4 is 5.73 Å². The average Bonchev–Trinajstić information content (AvgIpc) is 1.99. The minimum Gasteiger partial charge on any atom is -0.391 e. The summed E-state index contributed by atoms with van der Waals surface area (Å²) in [7, 11) is 0. The summed E-state index contributed by atoms with van der Waals surface area (Å²) in [5.41, 5.74) is 5.71. The van der Waals surface area contributed by atoms with Crippen LogP contribution in [-0.4, -0.2) is 29.5 Å². The first-order valence-electron chi connectivity index (χ1n) is 4.61. The van der Waals surface area contributed by atoms with Crippen LogP contribution in [0.1, 0.15) is 27.2 Å². The first-order valence-corrected chi connectivity index (χ1v) is 4.61. The van der Waals surface area contributed by atoms with Gasteiger partial charge in [-0.2, -0.15) is 0 Å². The first kappa shape index (κ1) is 9.96. The fourth-order valence-electron chi connectivity index (χ4n) is 1.56. The summed E-state index contributed by atoms with van der Waals surface area (Å²) in [6.45, 7) is 6.12. The van der Waals surface area contributed by atoms with Crippen molar-refractivity contribution in [2.24, 2.45) is 11.7 Å². The van der Waals surface area contributed by atoms with Crippen molar-refractivity contribution in [1.82, 2.24) is 0 Å². The van der Waals surface area contributed by atoms with Crippen LogP contribution in [-0.2, 0) is 4.74 Å². The molecule has 0 radical (unpaired) electrons. The van der Waals surface area contributed by atoms with E-state index < -0.39 is 6.10 Å². The van der Waals surface area contributed by atoms with Gasteiger partial charge in [-0.15, -0.1) is 0 Å². The van der Waals surface area contributed by atoms with Gasteiger partial charge in [-0.05, 0) is 12.8 Å². The Morgan fingerprint density at radius 3 is 2.50 bits per heavy atom. The Labute approximate surface area is 73.9 Å². The quantitative estimate of drug-likeness (QED) is 0.607. The number of aliphatic hydroxyl groups excluding tert-OH is 1. The van der Waals surface area contributed by atoms with E-state index in [2.05, 4.69) is 13.8 Å². The van der Waals surface area contributed by atoms with Gasteiger partial charge < -0.3 is 15.6 Å².